The largest absolute Gasteiger partial charge is 0.455 e. The summed E-state index contributed by atoms with van der Waals surface area (Å²) in [6.07, 6.45) is 9.21. The number of para-hydroxylation sites is 4. The Bertz CT molecular complexity index is 4000. The molecule has 2 aliphatic rings. The summed E-state index contributed by atoms with van der Waals surface area (Å²) in [6.45, 7) is 11.6. The zero-order valence-electron chi connectivity index (χ0n) is 40.0. The first kappa shape index (κ1) is 41.8. The van der Waals surface area contributed by atoms with Crippen LogP contribution >= 0.6 is 0 Å². The fourth-order valence-electron chi connectivity index (χ4n) is 11.5. The minimum Gasteiger partial charge on any atom is -0.455 e. The fraction of sp³-hybridized carbons (Fsp3) is 0.104. The molecule has 0 aliphatic heterocycles. The van der Waals surface area contributed by atoms with E-state index < -0.39 is 0 Å². The Morgan fingerprint density at radius 1 is 0.429 bits per heavy atom. The number of rotatable bonds is 8. The third-order valence-electron chi connectivity index (χ3n) is 15.2. The van der Waals surface area contributed by atoms with Gasteiger partial charge in [-0.3, -0.25) is 0 Å². The highest BCUT2D eigenvalue weighted by Gasteiger charge is 2.37. The maximum absolute atomic E-state index is 6.53. The molecule has 0 unspecified atom stereocenters. The number of hydrogen-bond acceptors (Lipinski definition) is 3. The van der Waals surface area contributed by atoms with E-state index in [4.69, 9.17) is 8.83 Å². The standard InChI is InChI=1S/C67H51NO2/c1-6-16-49(40-47-37-46-28-27-44(38-59(46)66(47,2)3)51-21-14-23-57-55-19-10-12-25-62(55)69-64(51)57)68(48-32-29-43(30-33-48)42-17-8-7-9-18-42)50-34-36-54-53-35-31-45(39-60(53)67(4,5)61(54)41-50)52-22-15-24-58-56-20-11-13-26-63(56)70-65(52)58/h6-41H,1-5H3/b16-6-,49-40+. The number of allylic oxidation sites excluding steroid dienone is 4. The van der Waals surface area contributed by atoms with Crippen molar-refractivity contribution in [3.05, 3.63) is 246 Å². The van der Waals surface area contributed by atoms with Gasteiger partial charge in [0, 0.05) is 60.6 Å². The summed E-state index contributed by atoms with van der Waals surface area (Å²) >= 11 is 0. The second-order valence-electron chi connectivity index (χ2n) is 20.0. The van der Waals surface area contributed by atoms with E-state index in [9.17, 15) is 0 Å². The summed E-state index contributed by atoms with van der Waals surface area (Å²) < 4.78 is 13.1. The Morgan fingerprint density at radius 2 is 0.943 bits per heavy atom. The Balaban J connectivity index is 0.905. The van der Waals surface area contributed by atoms with Gasteiger partial charge in [-0.1, -0.05) is 185 Å². The lowest BCUT2D eigenvalue weighted by Crippen LogP contribution is -2.20. The van der Waals surface area contributed by atoms with Crippen LogP contribution in [0.4, 0.5) is 11.4 Å². The van der Waals surface area contributed by atoms with Crippen LogP contribution in [0.2, 0.25) is 0 Å². The zero-order chi connectivity index (χ0) is 47.3. The van der Waals surface area contributed by atoms with Crippen LogP contribution in [0.3, 0.4) is 0 Å². The van der Waals surface area contributed by atoms with Gasteiger partial charge in [0.1, 0.15) is 22.3 Å². The van der Waals surface area contributed by atoms with E-state index in [1.54, 1.807) is 0 Å². The van der Waals surface area contributed by atoms with Crippen molar-refractivity contribution in [1.29, 1.82) is 0 Å². The number of hydrogen-bond donors (Lipinski definition) is 0. The minimum atomic E-state index is -0.283. The highest BCUT2D eigenvalue weighted by Crippen LogP contribution is 2.53. The van der Waals surface area contributed by atoms with Gasteiger partial charge in [0.25, 0.3) is 0 Å². The number of benzene rings is 9. The second-order valence-corrected chi connectivity index (χ2v) is 20.0. The SMILES string of the molecule is C/C=C\C(=C/C1=Cc2ccc(-c3cccc4c3oc3ccccc34)cc2C1(C)C)N(c1ccc(-c2ccccc2)cc1)c1ccc2c(c1)C(C)(C)c1cc(-c3cccc4c3oc3ccccc34)ccc1-2. The van der Waals surface area contributed by atoms with E-state index >= 15 is 0 Å². The molecule has 0 spiro atoms. The van der Waals surface area contributed by atoms with Gasteiger partial charge < -0.3 is 13.7 Å². The monoisotopic (exact) mass is 901 g/mol. The first-order valence-electron chi connectivity index (χ1n) is 24.4. The van der Waals surface area contributed by atoms with Gasteiger partial charge in [-0.15, -0.1) is 0 Å². The molecule has 2 heterocycles. The van der Waals surface area contributed by atoms with Crippen LogP contribution in [0.25, 0.3) is 94.5 Å². The van der Waals surface area contributed by atoms with Crippen molar-refractivity contribution in [2.75, 3.05) is 4.90 Å². The van der Waals surface area contributed by atoms with Crippen molar-refractivity contribution in [3.8, 4) is 44.5 Å². The summed E-state index contributed by atoms with van der Waals surface area (Å²) in [5.41, 5.74) is 22.3. The van der Waals surface area contributed by atoms with Crippen molar-refractivity contribution in [2.45, 2.75) is 45.4 Å². The Morgan fingerprint density at radius 3 is 1.59 bits per heavy atom. The Hall–Kier alpha value is -8.40. The predicted octanol–water partition coefficient (Wildman–Crippen LogP) is 18.8. The average molecular weight is 902 g/mol. The summed E-state index contributed by atoms with van der Waals surface area (Å²) in [5.74, 6) is 0. The third-order valence-corrected chi connectivity index (χ3v) is 15.2. The topological polar surface area (TPSA) is 29.5 Å². The Labute approximate surface area is 409 Å². The molecule has 0 bridgehead atoms. The molecule has 13 rings (SSSR count). The van der Waals surface area contributed by atoms with Crippen molar-refractivity contribution in [2.24, 2.45) is 0 Å². The lowest BCUT2D eigenvalue weighted by Gasteiger charge is -2.30. The normalized spacial score (nSPS) is 14.7. The average Bonchev–Trinajstić information content (AvgIpc) is 4.10. The molecule has 3 nitrogen and oxygen atoms in total. The van der Waals surface area contributed by atoms with Gasteiger partial charge in [-0.2, -0.15) is 0 Å². The van der Waals surface area contributed by atoms with Gasteiger partial charge in [0.05, 0.1) is 0 Å². The molecule has 0 saturated heterocycles. The van der Waals surface area contributed by atoms with Crippen molar-refractivity contribution in [1.82, 2.24) is 0 Å². The molecular weight excluding hydrogens is 851 g/mol. The molecule has 0 fully saturated rings. The summed E-state index contributed by atoms with van der Waals surface area (Å²) in [4.78, 5) is 2.44. The van der Waals surface area contributed by atoms with E-state index in [2.05, 4.69) is 246 Å². The van der Waals surface area contributed by atoms with Gasteiger partial charge in [-0.25, -0.2) is 0 Å². The van der Waals surface area contributed by atoms with Crippen LogP contribution in [-0.2, 0) is 10.8 Å². The molecule has 0 amide bonds. The molecule has 2 aromatic heterocycles. The van der Waals surface area contributed by atoms with E-state index in [1.807, 2.05) is 12.1 Å². The molecule has 0 N–H and O–H groups in total. The molecule has 3 heteroatoms. The maximum atomic E-state index is 6.53. The van der Waals surface area contributed by atoms with Gasteiger partial charge >= 0.3 is 0 Å². The van der Waals surface area contributed by atoms with E-state index in [0.717, 1.165) is 83.2 Å². The number of furan rings is 2. The molecule has 70 heavy (non-hydrogen) atoms. The zero-order valence-corrected chi connectivity index (χ0v) is 40.0. The van der Waals surface area contributed by atoms with Crippen LogP contribution in [-0.4, -0.2) is 0 Å². The molecule has 2 aliphatic carbocycles. The second kappa shape index (κ2) is 15.8. The van der Waals surface area contributed by atoms with Crippen LogP contribution in [0, 0.1) is 0 Å². The molecule has 11 aromatic rings. The highest BCUT2D eigenvalue weighted by molar-refractivity contribution is 6.11. The maximum Gasteiger partial charge on any atom is 0.143 e. The van der Waals surface area contributed by atoms with E-state index in [1.165, 1.54) is 50.1 Å². The van der Waals surface area contributed by atoms with E-state index in [-0.39, 0.29) is 10.8 Å². The number of nitrogens with zero attached hydrogens (tertiary/aromatic N) is 1. The summed E-state index contributed by atoms with van der Waals surface area (Å²) in [7, 11) is 0. The van der Waals surface area contributed by atoms with Crippen LogP contribution in [0.5, 0.6) is 0 Å². The van der Waals surface area contributed by atoms with Crippen LogP contribution in [0.1, 0.15) is 56.9 Å². The first-order chi connectivity index (χ1) is 34.2. The van der Waals surface area contributed by atoms with Gasteiger partial charge in [0.15, 0.2) is 0 Å². The summed E-state index contributed by atoms with van der Waals surface area (Å²) in [6, 6.07) is 70.3. The van der Waals surface area contributed by atoms with Crippen LogP contribution < -0.4 is 4.90 Å². The molecule has 0 saturated carbocycles. The van der Waals surface area contributed by atoms with Crippen molar-refractivity contribution >= 4 is 61.3 Å². The van der Waals surface area contributed by atoms with Crippen LogP contribution in [0.15, 0.2) is 232 Å². The number of anilines is 2. The lowest BCUT2D eigenvalue weighted by atomic mass is 9.80. The Kier molecular flexibility index (Phi) is 9.45. The first-order valence-corrected chi connectivity index (χ1v) is 24.4. The quantitative estimate of drug-likeness (QED) is 0.142. The van der Waals surface area contributed by atoms with Crippen molar-refractivity contribution in [3.63, 3.8) is 0 Å². The fourth-order valence-corrected chi connectivity index (χ4v) is 11.5. The van der Waals surface area contributed by atoms with Gasteiger partial charge in [0.2, 0.25) is 0 Å². The lowest BCUT2D eigenvalue weighted by molar-refractivity contribution is 0.653. The molecule has 0 radical (unpaired) electrons. The highest BCUT2D eigenvalue weighted by atomic mass is 16.3. The molecule has 0 atom stereocenters. The van der Waals surface area contributed by atoms with E-state index in [0.29, 0.717) is 0 Å². The summed E-state index contributed by atoms with van der Waals surface area (Å²) in [5, 5.41) is 4.57. The third kappa shape index (κ3) is 6.49. The smallest absolute Gasteiger partial charge is 0.143 e. The molecule has 336 valence electrons. The number of fused-ring (bicyclic) bond motifs is 10. The molecular formula is C67H51NO2. The molecule has 9 aromatic carbocycles. The predicted molar refractivity (Wildman–Crippen MR) is 294 cm³/mol. The van der Waals surface area contributed by atoms with Crippen molar-refractivity contribution < 1.29 is 8.83 Å². The minimum absolute atomic E-state index is 0.270. The van der Waals surface area contributed by atoms with Gasteiger partial charge in [-0.05, 0) is 129 Å².